The van der Waals surface area contributed by atoms with Gasteiger partial charge in [-0.1, -0.05) is 13.0 Å². The first-order chi connectivity index (χ1) is 8.90. The average Bonchev–Trinajstić information content (AvgIpc) is 3.09. The van der Waals surface area contributed by atoms with Crippen LogP contribution in [0.5, 0.6) is 0 Å². The molecule has 18 heavy (non-hydrogen) atoms. The molecule has 2 fully saturated rings. The highest BCUT2D eigenvalue weighted by Crippen LogP contribution is 2.36. The Morgan fingerprint density at radius 3 is 2.83 bits per heavy atom. The van der Waals surface area contributed by atoms with Gasteiger partial charge in [-0.25, -0.2) is 4.98 Å². The zero-order valence-electron chi connectivity index (χ0n) is 11.3. The van der Waals surface area contributed by atoms with E-state index in [9.17, 15) is 0 Å². The molecule has 2 aliphatic rings. The van der Waals surface area contributed by atoms with Crippen molar-refractivity contribution in [1.82, 2.24) is 9.88 Å². The summed E-state index contributed by atoms with van der Waals surface area (Å²) < 4.78 is 0. The van der Waals surface area contributed by atoms with E-state index in [2.05, 4.69) is 33.8 Å². The van der Waals surface area contributed by atoms with Gasteiger partial charge in [-0.05, 0) is 44.8 Å². The minimum atomic E-state index is 0.597. The quantitative estimate of drug-likeness (QED) is 0.816. The molecule has 3 heterocycles. The lowest BCUT2D eigenvalue weighted by atomic mass is 10.0. The molecule has 2 aliphatic heterocycles. The van der Waals surface area contributed by atoms with Gasteiger partial charge >= 0.3 is 0 Å². The predicted molar refractivity (Wildman–Crippen MR) is 74.9 cm³/mol. The van der Waals surface area contributed by atoms with Crippen LogP contribution in [-0.2, 0) is 0 Å². The van der Waals surface area contributed by atoms with Gasteiger partial charge in [-0.2, -0.15) is 0 Å². The molecular formula is C15H23N3. The summed E-state index contributed by atoms with van der Waals surface area (Å²) in [6.45, 7) is 7.03. The van der Waals surface area contributed by atoms with E-state index < -0.39 is 0 Å². The van der Waals surface area contributed by atoms with Gasteiger partial charge < -0.3 is 4.90 Å². The van der Waals surface area contributed by atoms with Crippen molar-refractivity contribution in [2.45, 2.75) is 38.6 Å². The van der Waals surface area contributed by atoms with Crippen LogP contribution in [0.4, 0.5) is 5.82 Å². The molecule has 0 aliphatic carbocycles. The van der Waals surface area contributed by atoms with E-state index >= 15 is 0 Å². The highest BCUT2D eigenvalue weighted by Gasteiger charge is 2.28. The first kappa shape index (κ1) is 12.0. The minimum absolute atomic E-state index is 0.597. The Morgan fingerprint density at radius 2 is 2.06 bits per heavy atom. The van der Waals surface area contributed by atoms with E-state index in [0.717, 1.165) is 6.54 Å². The van der Waals surface area contributed by atoms with Gasteiger partial charge in [-0.15, -0.1) is 0 Å². The topological polar surface area (TPSA) is 19.4 Å². The number of anilines is 1. The molecule has 1 aromatic heterocycles. The van der Waals surface area contributed by atoms with Crippen LogP contribution in [0.3, 0.4) is 0 Å². The SMILES string of the molecule is CCN1CCC[C@@H]1c1cccnc1N1CCCC1. The minimum Gasteiger partial charge on any atom is -0.356 e. The van der Waals surface area contributed by atoms with E-state index in [0.29, 0.717) is 6.04 Å². The number of pyridine rings is 1. The van der Waals surface area contributed by atoms with Crippen LogP contribution in [0.2, 0.25) is 0 Å². The lowest BCUT2D eigenvalue weighted by molar-refractivity contribution is 0.271. The van der Waals surface area contributed by atoms with Crippen molar-refractivity contribution in [2.24, 2.45) is 0 Å². The van der Waals surface area contributed by atoms with Gasteiger partial charge in [0.25, 0.3) is 0 Å². The Labute approximate surface area is 110 Å². The van der Waals surface area contributed by atoms with Gasteiger partial charge in [0.15, 0.2) is 0 Å². The first-order valence-electron chi connectivity index (χ1n) is 7.34. The van der Waals surface area contributed by atoms with Gasteiger partial charge in [0.2, 0.25) is 0 Å². The van der Waals surface area contributed by atoms with Gasteiger partial charge in [-0.3, -0.25) is 4.90 Å². The van der Waals surface area contributed by atoms with E-state index in [1.54, 1.807) is 0 Å². The molecule has 98 valence electrons. The standard InChI is InChI=1S/C15H23N3/c1-2-17-12-6-8-14(17)13-7-5-9-16-15(13)18-10-3-4-11-18/h5,7,9,14H,2-4,6,8,10-12H2,1H3/t14-/m1/s1. The van der Waals surface area contributed by atoms with Crippen molar-refractivity contribution in [2.75, 3.05) is 31.1 Å². The molecule has 1 atom stereocenters. The first-order valence-corrected chi connectivity index (χ1v) is 7.34. The Hall–Kier alpha value is -1.09. The zero-order chi connectivity index (χ0) is 12.4. The molecule has 0 saturated carbocycles. The van der Waals surface area contributed by atoms with Gasteiger partial charge in [0.1, 0.15) is 5.82 Å². The maximum Gasteiger partial charge on any atom is 0.133 e. The number of aromatic nitrogens is 1. The third-order valence-electron chi connectivity index (χ3n) is 4.35. The molecule has 1 aromatic rings. The van der Waals surface area contributed by atoms with Crippen molar-refractivity contribution in [3.8, 4) is 0 Å². The van der Waals surface area contributed by atoms with Crippen LogP contribution in [0.1, 0.15) is 44.2 Å². The van der Waals surface area contributed by atoms with Crippen LogP contribution in [0.15, 0.2) is 18.3 Å². The molecule has 0 bridgehead atoms. The third-order valence-corrected chi connectivity index (χ3v) is 4.35. The molecule has 0 N–H and O–H groups in total. The summed E-state index contributed by atoms with van der Waals surface area (Å²) in [4.78, 5) is 9.74. The average molecular weight is 245 g/mol. The maximum atomic E-state index is 4.67. The molecule has 3 rings (SSSR count). The maximum absolute atomic E-state index is 4.67. The summed E-state index contributed by atoms with van der Waals surface area (Å²) in [5, 5.41) is 0. The zero-order valence-corrected chi connectivity index (χ0v) is 11.3. The lowest BCUT2D eigenvalue weighted by Gasteiger charge is -2.27. The Bertz CT molecular complexity index is 398. The Kier molecular flexibility index (Phi) is 3.50. The van der Waals surface area contributed by atoms with Gasteiger partial charge in [0, 0.05) is 30.9 Å². The van der Waals surface area contributed by atoms with Crippen molar-refractivity contribution >= 4 is 5.82 Å². The molecule has 2 saturated heterocycles. The molecule has 3 heteroatoms. The number of nitrogens with zero attached hydrogens (tertiary/aromatic N) is 3. The van der Waals surface area contributed by atoms with Crippen LogP contribution >= 0.6 is 0 Å². The molecule has 0 unspecified atom stereocenters. The fraction of sp³-hybridized carbons (Fsp3) is 0.667. The third kappa shape index (κ3) is 2.12. The number of rotatable bonds is 3. The largest absolute Gasteiger partial charge is 0.356 e. The highest BCUT2D eigenvalue weighted by atomic mass is 15.2. The molecular weight excluding hydrogens is 222 g/mol. The normalized spacial score (nSPS) is 24.9. The predicted octanol–water partition coefficient (Wildman–Crippen LogP) is 2.84. The van der Waals surface area contributed by atoms with Crippen LogP contribution in [0, 0.1) is 0 Å². The summed E-state index contributed by atoms with van der Waals surface area (Å²) in [6, 6.07) is 4.99. The second-order valence-corrected chi connectivity index (χ2v) is 5.40. The summed E-state index contributed by atoms with van der Waals surface area (Å²) in [5.41, 5.74) is 1.46. The molecule has 0 aromatic carbocycles. The van der Waals surface area contributed by atoms with Crippen molar-refractivity contribution < 1.29 is 0 Å². The van der Waals surface area contributed by atoms with Crippen molar-refractivity contribution in [1.29, 1.82) is 0 Å². The smallest absolute Gasteiger partial charge is 0.133 e. The lowest BCUT2D eigenvalue weighted by Crippen LogP contribution is -2.26. The Balaban J connectivity index is 1.90. The van der Waals surface area contributed by atoms with E-state index in [-0.39, 0.29) is 0 Å². The highest BCUT2D eigenvalue weighted by molar-refractivity contribution is 5.49. The van der Waals surface area contributed by atoms with Crippen molar-refractivity contribution in [3.05, 3.63) is 23.9 Å². The van der Waals surface area contributed by atoms with E-state index in [1.807, 2.05) is 6.20 Å². The summed E-state index contributed by atoms with van der Waals surface area (Å²) in [7, 11) is 0. The summed E-state index contributed by atoms with van der Waals surface area (Å²) in [5.74, 6) is 1.25. The second kappa shape index (κ2) is 5.27. The molecule has 0 amide bonds. The number of hydrogen-bond donors (Lipinski definition) is 0. The van der Waals surface area contributed by atoms with Crippen LogP contribution in [-0.4, -0.2) is 36.1 Å². The molecule has 3 nitrogen and oxygen atoms in total. The molecule has 0 radical (unpaired) electrons. The fourth-order valence-corrected chi connectivity index (χ4v) is 3.42. The number of hydrogen-bond acceptors (Lipinski definition) is 3. The second-order valence-electron chi connectivity index (χ2n) is 5.40. The summed E-state index contributed by atoms with van der Waals surface area (Å²) in [6.07, 6.45) is 7.20. The summed E-state index contributed by atoms with van der Waals surface area (Å²) >= 11 is 0. The monoisotopic (exact) mass is 245 g/mol. The van der Waals surface area contributed by atoms with Crippen LogP contribution < -0.4 is 4.90 Å². The van der Waals surface area contributed by atoms with Gasteiger partial charge in [0.05, 0.1) is 0 Å². The number of likely N-dealkylation sites (tertiary alicyclic amines) is 1. The van der Waals surface area contributed by atoms with Crippen LogP contribution in [0.25, 0.3) is 0 Å². The Morgan fingerprint density at radius 1 is 1.22 bits per heavy atom. The van der Waals surface area contributed by atoms with Crippen molar-refractivity contribution in [3.63, 3.8) is 0 Å². The van der Waals surface area contributed by atoms with E-state index in [1.165, 1.54) is 56.7 Å². The van der Waals surface area contributed by atoms with E-state index in [4.69, 9.17) is 0 Å². The molecule has 0 spiro atoms. The fourth-order valence-electron chi connectivity index (χ4n) is 3.42.